The van der Waals surface area contributed by atoms with Crippen molar-refractivity contribution < 1.29 is 38.0 Å². The van der Waals surface area contributed by atoms with Gasteiger partial charge in [0.15, 0.2) is 11.5 Å². The number of nitrogens with zero attached hydrogens (tertiary/aromatic N) is 1. The summed E-state index contributed by atoms with van der Waals surface area (Å²) in [5, 5.41) is 11.4. The van der Waals surface area contributed by atoms with Crippen molar-refractivity contribution in [2.75, 3.05) is 33.3 Å². The van der Waals surface area contributed by atoms with Crippen molar-refractivity contribution in [3.05, 3.63) is 81.1 Å². The minimum absolute atomic E-state index is 0.0546. The maximum Gasteiger partial charge on any atom is 0.300 e. The number of hydrogen-bond acceptors (Lipinski definition) is 7. The lowest BCUT2D eigenvalue weighted by atomic mass is 9.94. The van der Waals surface area contributed by atoms with Crippen molar-refractivity contribution >= 4 is 46.3 Å². The molecule has 1 aliphatic rings. The molecule has 0 saturated carbocycles. The predicted octanol–water partition coefficient (Wildman–Crippen LogP) is 5.79. The average Bonchev–Trinajstić information content (AvgIpc) is 3.19. The van der Waals surface area contributed by atoms with Crippen LogP contribution in [0, 0.1) is 5.82 Å². The number of anilines is 1. The second-order valence-corrected chi connectivity index (χ2v) is 8.88. The number of methoxy groups -OCH3 is 4. The molecule has 11 heteroatoms. The smallest absolute Gasteiger partial charge is 0.300 e. The Bertz CT molecular complexity index is 1470. The molecule has 38 heavy (non-hydrogen) atoms. The first-order valence-electron chi connectivity index (χ1n) is 11.1. The van der Waals surface area contributed by atoms with Crippen molar-refractivity contribution in [1.29, 1.82) is 0 Å². The predicted molar refractivity (Wildman–Crippen MR) is 140 cm³/mol. The summed E-state index contributed by atoms with van der Waals surface area (Å²) in [7, 11) is 5.67. The summed E-state index contributed by atoms with van der Waals surface area (Å²) in [5.41, 5.74) is 0.320. The molecule has 1 amide bonds. The molecule has 8 nitrogen and oxygen atoms in total. The van der Waals surface area contributed by atoms with Gasteiger partial charge in [-0.1, -0.05) is 29.3 Å². The van der Waals surface area contributed by atoms with E-state index in [1.54, 1.807) is 18.2 Å². The highest BCUT2D eigenvalue weighted by Gasteiger charge is 2.47. The van der Waals surface area contributed by atoms with E-state index >= 15 is 0 Å². The second kappa shape index (κ2) is 10.8. The Morgan fingerprint density at radius 1 is 0.816 bits per heavy atom. The molecule has 0 aliphatic carbocycles. The summed E-state index contributed by atoms with van der Waals surface area (Å²) >= 11 is 12.3. The van der Waals surface area contributed by atoms with Crippen molar-refractivity contribution in [3.8, 4) is 23.0 Å². The summed E-state index contributed by atoms with van der Waals surface area (Å²) in [6.07, 6.45) is 0. The van der Waals surface area contributed by atoms with E-state index in [1.165, 1.54) is 52.7 Å². The monoisotopic (exact) mass is 561 g/mol. The van der Waals surface area contributed by atoms with E-state index < -0.39 is 29.3 Å². The number of benzene rings is 3. The molecule has 0 bridgehead atoms. The number of carbonyl (C=O) groups is 2. The zero-order chi connectivity index (χ0) is 27.7. The van der Waals surface area contributed by atoms with Crippen LogP contribution in [-0.4, -0.2) is 45.2 Å². The SMILES string of the molecule is COc1cc(OC)c(/C(O)=C2\C(=O)C(=O)N(c3ccc(F)c(Cl)c3)C2c2ccc(OC)c(OC)c2)cc1Cl. The zero-order valence-corrected chi connectivity index (χ0v) is 22.2. The van der Waals surface area contributed by atoms with Crippen LogP contribution in [-0.2, 0) is 9.59 Å². The Balaban J connectivity index is 2.02. The molecule has 0 spiro atoms. The van der Waals surface area contributed by atoms with Crippen LogP contribution in [0.5, 0.6) is 23.0 Å². The summed E-state index contributed by atoms with van der Waals surface area (Å²) in [6, 6.07) is 10.0. The lowest BCUT2D eigenvalue weighted by Crippen LogP contribution is -2.29. The number of halogens is 3. The van der Waals surface area contributed by atoms with Crippen LogP contribution < -0.4 is 23.8 Å². The van der Waals surface area contributed by atoms with Gasteiger partial charge >= 0.3 is 0 Å². The van der Waals surface area contributed by atoms with E-state index in [1.807, 2.05) is 0 Å². The second-order valence-electron chi connectivity index (χ2n) is 8.07. The zero-order valence-electron chi connectivity index (χ0n) is 20.7. The number of aliphatic hydroxyl groups excluding tert-OH is 1. The molecule has 0 aromatic heterocycles. The molecular weight excluding hydrogens is 540 g/mol. The Morgan fingerprint density at radius 2 is 1.47 bits per heavy atom. The molecule has 1 fully saturated rings. The molecule has 1 atom stereocenters. The lowest BCUT2D eigenvalue weighted by Gasteiger charge is -2.26. The van der Waals surface area contributed by atoms with Crippen LogP contribution in [0.1, 0.15) is 17.2 Å². The molecule has 198 valence electrons. The number of ketones is 1. The van der Waals surface area contributed by atoms with Gasteiger partial charge in [0.05, 0.1) is 55.7 Å². The third-order valence-corrected chi connectivity index (χ3v) is 6.66. The van der Waals surface area contributed by atoms with Crippen molar-refractivity contribution in [2.45, 2.75) is 6.04 Å². The average molecular weight is 562 g/mol. The first-order chi connectivity index (χ1) is 18.2. The van der Waals surface area contributed by atoms with Crippen molar-refractivity contribution in [3.63, 3.8) is 0 Å². The third-order valence-electron chi connectivity index (χ3n) is 6.08. The number of rotatable bonds is 7. The van der Waals surface area contributed by atoms with Crippen LogP contribution in [0.2, 0.25) is 10.0 Å². The van der Waals surface area contributed by atoms with Gasteiger partial charge in [0.2, 0.25) is 0 Å². The fraction of sp³-hybridized carbons (Fsp3) is 0.185. The minimum Gasteiger partial charge on any atom is -0.507 e. The van der Waals surface area contributed by atoms with E-state index in [0.717, 1.165) is 11.0 Å². The van der Waals surface area contributed by atoms with Crippen LogP contribution in [0.15, 0.2) is 54.1 Å². The summed E-state index contributed by atoms with van der Waals surface area (Å²) in [5.74, 6) is -2.06. The molecule has 4 rings (SSSR count). The van der Waals surface area contributed by atoms with Gasteiger partial charge in [0.25, 0.3) is 11.7 Å². The van der Waals surface area contributed by atoms with Gasteiger partial charge in [-0.3, -0.25) is 14.5 Å². The third kappa shape index (κ3) is 4.59. The molecular formula is C27H22Cl2FNO7. The lowest BCUT2D eigenvalue weighted by molar-refractivity contribution is -0.132. The molecule has 1 aliphatic heterocycles. The fourth-order valence-corrected chi connectivity index (χ4v) is 4.68. The maximum absolute atomic E-state index is 14.0. The number of carbonyl (C=O) groups excluding carboxylic acids is 2. The number of aliphatic hydroxyl groups is 1. The van der Waals surface area contributed by atoms with Gasteiger partial charge in [0.1, 0.15) is 23.1 Å². The van der Waals surface area contributed by atoms with Gasteiger partial charge in [-0.25, -0.2) is 4.39 Å². The Morgan fingerprint density at radius 3 is 2.08 bits per heavy atom. The molecule has 1 N–H and O–H groups in total. The normalized spacial score (nSPS) is 16.5. The standard InChI is InChI=1S/C27H22Cl2FNO7/c1-35-19-8-5-13(9-22(19)38-4)24-23(25(32)15-11-17(29)21(37-3)12-20(15)36-2)26(33)27(34)31(24)14-6-7-18(30)16(28)10-14/h5-12,24,32H,1-4H3/b25-23+. The van der Waals surface area contributed by atoms with E-state index in [2.05, 4.69) is 0 Å². The number of ether oxygens (including phenoxy) is 4. The Labute approximate surface area is 227 Å². The Hall–Kier alpha value is -3.95. The van der Waals surface area contributed by atoms with Crippen LogP contribution in [0.25, 0.3) is 5.76 Å². The van der Waals surface area contributed by atoms with Gasteiger partial charge < -0.3 is 24.1 Å². The Kier molecular flexibility index (Phi) is 7.71. The topological polar surface area (TPSA) is 94.5 Å². The van der Waals surface area contributed by atoms with Crippen molar-refractivity contribution in [2.24, 2.45) is 0 Å². The summed E-state index contributed by atoms with van der Waals surface area (Å²) in [4.78, 5) is 28.0. The van der Waals surface area contributed by atoms with E-state index in [0.29, 0.717) is 17.1 Å². The minimum atomic E-state index is -1.16. The van der Waals surface area contributed by atoms with Gasteiger partial charge in [-0.05, 0) is 42.0 Å². The molecule has 1 saturated heterocycles. The van der Waals surface area contributed by atoms with E-state index in [9.17, 15) is 19.1 Å². The maximum atomic E-state index is 14.0. The summed E-state index contributed by atoms with van der Waals surface area (Å²) < 4.78 is 35.3. The quantitative estimate of drug-likeness (QED) is 0.221. The van der Waals surface area contributed by atoms with Gasteiger partial charge in [0, 0.05) is 11.8 Å². The van der Waals surface area contributed by atoms with Gasteiger partial charge in [-0.15, -0.1) is 0 Å². The summed E-state index contributed by atoms with van der Waals surface area (Å²) in [6.45, 7) is 0. The van der Waals surface area contributed by atoms with Gasteiger partial charge in [-0.2, -0.15) is 0 Å². The first-order valence-corrected chi connectivity index (χ1v) is 11.8. The van der Waals surface area contributed by atoms with E-state index in [-0.39, 0.29) is 38.4 Å². The molecule has 3 aromatic carbocycles. The van der Waals surface area contributed by atoms with Crippen LogP contribution >= 0.6 is 23.2 Å². The molecule has 3 aromatic rings. The fourth-order valence-electron chi connectivity index (χ4n) is 4.26. The first kappa shape index (κ1) is 27.1. The van der Waals surface area contributed by atoms with Crippen LogP contribution in [0.3, 0.4) is 0 Å². The largest absolute Gasteiger partial charge is 0.507 e. The molecule has 1 unspecified atom stereocenters. The number of Topliss-reactive ketones (excluding diaryl/α,β-unsaturated/α-hetero) is 1. The molecule has 1 heterocycles. The highest BCUT2D eigenvalue weighted by molar-refractivity contribution is 6.52. The molecule has 0 radical (unpaired) electrons. The number of amides is 1. The van der Waals surface area contributed by atoms with Crippen LogP contribution in [0.4, 0.5) is 10.1 Å². The highest BCUT2D eigenvalue weighted by Crippen LogP contribution is 2.46. The van der Waals surface area contributed by atoms with E-state index in [4.69, 9.17) is 42.1 Å². The van der Waals surface area contributed by atoms with Crippen molar-refractivity contribution in [1.82, 2.24) is 0 Å². The number of hydrogen-bond donors (Lipinski definition) is 1. The highest BCUT2D eigenvalue weighted by atomic mass is 35.5.